The van der Waals surface area contributed by atoms with Gasteiger partial charge in [0.2, 0.25) is 5.91 Å². The molecule has 5 heteroatoms. The number of hydrogen-bond donors (Lipinski definition) is 1. The molecule has 1 amide bonds. The van der Waals surface area contributed by atoms with Gasteiger partial charge in [-0.25, -0.2) is 4.79 Å². The summed E-state index contributed by atoms with van der Waals surface area (Å²) in [6.07, 6.45) is -1.28. The monoisotopic (exact) mass is 243 g/mol. The van der Waals surface area contributed by atoms with Gasteiger partial charge in [0.05, 0.1) is 12.5 Å². The second-order valence-corrected chi connectivity index (χ2v) is 5.35. The molecule has 0 bridgehead atoms. The van der Waals surface area contributed by atoms with E-state index in [1.807, 2.05) is 20.8 Å². The van der Waals surface area contributed by atoms with Gasteiger partial charge in [-0.15, -0.1) is 0 Å². The zero-order valence-electron chi connectivity index (χ0n) is 11.1. The van der Waals surface area contributed by atoms with E-state index in [2.05, 4.69) is 5.32 Å². The number of nitrogens with one attached hydrogen (secondary N) is 1. The third kappa shape index (κ3) is 3.19. The maximum atomic E-state index is 11.8. The van der Waals surface area contributed by atoms with Crippen LogP contribution in [0.2, 0.25) is 0 Å². The van der Waals surface area contributed by atoms with Crippen molar-refractivity contribution >= 4 is 11.9 Å². The van der Waals surface area contributed by atoms with Gasteiger partial charge in [-0.05, 0) is 6.92 Å². The maximum Gasteiger partial charge on any atom is 0.336 e. The van der Waals surface area contributed by atoms with E-state index in [1.165, 1.54) is 0 Å². The number of esters is 1. The molecule has 1 fully saturated rings. The molecule has 0 aromatic carbocycles. The fraction of sp³-hybridized carbons (Fsp3) is 0.833. The van der Waals surface area contributed by atoms with Crippen LogP contribution < -0.4 is 5.32 Å². The molecular weight excluding hydrogens is 222 g/mol. The van der Waals surface area contributed by atoms with Crippen LogP contribution in [0.5, 0.6) is 0 Å². The van der Waals surface area contributed by atoms with Crippen LogP contribution >= 0.6 is 0 Å². The standard InChI is InChI=1S/C12H21NO4/c1-6-16-10(15)8-7(2)9(14)13-11(17-8)12(3,4)5/h7-8,11H,6H2,1-5H3,(H,13,14)/t7-,8-,11-/m0/s1. The predicted octanol–water partition coefficient (Wildman–Crippen LogP) is 1.07. The summed E-state index contributed by atoms with van der Waals surface area (Å²) in [6, 6.07) is 0. The molecule has 0 saturated carbocycles. The van der Waals surface area contributed by atoms with Crippen LogP contribution in [0, 0.1) is 11.3 Å². The van der Waals surface area contributed by atoms with Gasteiger partial charge >= 0.3 is 5.97 Å². The Labute approximate surface area is 102 Å². The summed E-state index contributed by atoms with van der Waals surface area (Å²) in [5.41, 5.74) is -0.263. The summed E-state index contributed by atoms with van der Waals surface area (Å²) in [5, 5.41) is 2.76. The molecule has 1 aliphatic rings. The first-order valence-corrected chi connectivity index (χ1v) is 5.89. The van der Waals surface area contributed by atoms with Crippen molar-refractivity contribution in [1.29, 1.82) is 0 Å². The normalized spacial score (nSPS) is 29.7. The van der Waals surface area contributed by atoms with Crippen molar-refractivity contribution in [2.24, 2.45) is 11.3 Å². The van der Waals surface area contributed by atoms with Gasteiger partial charge in [-0.2, -0.15) is 0 Å². The summed E-state index contributed by atoms with van der Waals surface area (Å²) in [7, 11) is 0. The van der Waals surface area contributed by atoms with E-state index in [0.717, 1.165) is 0 Å². The third-order valence-electron chi connectivity index (χ3n) is 2.73. The zero-order valence-corrected chi connectivity index (χ0v) is 11.1. The van der Waals surface area contributed by atoms with Crippen molar-refractivity contribution in [3.63, 3.8) is 0 Å². The molecule has 5 nitrogen and oxygen atoms in total. The van der Waals surface area contributed by atoms with Crippen molar-refractivity contribution in [2.75, 3.05) is 6.61 Å². The van der Waals surface area contributed by atoms with E-state index in [9.17, 15) is 9.59 Å². The lowest BCUT2D eigenvalue weighted by molar-refractivity contribution is -0.188. The topological polar surface area (TPSA) is 64.6 Å². The summed E-state index contributed by atoms with van der Waals surface area (Å²) < 4.78 is 10.6. The van der Waals surface area contributed by atoms with Crippen molar-refractivity contribution in [3.8, 4) is 0 Å². The number of carbonyl (C=O) groups excluding carboxylic acids is 2. The Morgan fingerprint density at radius 2 is 2.06 bits per heavy atom. The smallest absolute Gasteiger partial charge is 0.336 e. The predicted molar refractivity (Wildman–Crippen MR) is 62.1 cm³/mol. The van der Waals surface area contributed by atoms with Crippen LogP contribution in [-0.2, 0) is 19.1 Å². The van der Waals surface area contributed by atoms with Crippen molar-refractivity contribution < 1.29 is 19.1 Å². The maximum absolute atomic E-state index is 11.8. The fourth-order valence-corrected chi connectivity index (χ4v) is 1.60. The van der Waals surface area contributed by atoms with Gasteiger partial charge in [0.15, 0.2) is 6.10 Å². The van der Waals surface area contributed by atoms with E-state index in [1.54, 1.807) is 13.8 Å². The van der Waals surface area contributed by atoms with Crippen LogP contribution in [0.25, 0.3) is 0 Å². The first-order chi connectivity index (χ1) is 7.77. The van der Waals surface area contributed by atoms with Crippen LogP contribution in [0.1, 0.15) is 34.6 Å². The molecule has 1 saturated heterocycles. The minimum atomic E-state index is -0.812. The third-order valence-corrected chi connectivity index (χ3v) is 2.73. The number of amides is 1. The van der Waals surface area contributed by atoms with Crippen molar-refractivity contribution in [2.45, 2.75) is 47.0 Å². The molecule has 0 aromatic rings. The number of ether oxygens (including phenoxy) is 2. The SMILES string of the molecule is CCOC(=O)[C@H]1O[C@@H](C(C)(C)C)NC(=O)[C@H]1C. The van der Waals surface area contributed by atoms with E-state index in [0.29, 0.717) is 0 Å². The highest BCUT2D eigenvalue weighted by atomic mass is 16.6. The summed E-state index contributed by atoms with van der Waals surface area (Å²) >= 11 is 0. The molecule has 98 valence electrons. The Bertz CT molecular complexity index is 308. The fourth-order valence-electron chi connectivity index (χ4n) is 1.60. The lowest BCUT2D eigenvalue weighted by atomic mass is 9.91. The first-order valence-electron chi connectivity index (χ1n) is 5.89. The van der Waals surface area contributed by atoms with Gasteiger partial charge in [0, 0.05) is 5.41 Å². The van der Waals surface area contributed by atoms with Crippen LogP contribution in [0.3, 0.4) is 0 Å². The van der Waals surface area contributed by atoms with Crippen LogP contribution in [0.4, 0.5) is 0 Å². The minimum Gasteiger partial charge on any atom is -0.464 e. The van der Waals surface area contributed by atoms with E-state index >= 15 is 0 Å². The van der Waals surface area contributed by atoms with Gasteiger partial charge < -0.3 is 14.8 Å². The second-order valence-electron chi connectivity index (χ2n) is 5.35. The Hall–Kier alpha value is -1.10. The Morgan fingerprint density at radius 1 is 1.47 bits per heavy atom. The molecule has 1 rings (SSSR count). The number of hydrogen-bond acceptors (Lipinski definition) is 4. The second kappa shape index (κ2) is 5.04. The number of rotatable bonds is 2. The lowest BCUT2D eigenvalue weighted by Crippen LogP contribution is -2.58. The molecule has 1 aliphatic heterocycles. The Balaban J connectivity index is 2.82. The molecule has 0 spiro atoms. The number of carbonyl (C=O) groups is 2. The van der Waals surface area contributed by atoms with Gasteiger partial charge in [-0.1, -0.05) is 27.7 Å². The lowest BCUT2D eigenvalue weighted by Gasteiger charge is -2.39. The highest BCUT2D eigenvalue weighted by Gasteiger charge is 2.43. The Morgan fingerprint density at radius 3 is 2.53 bits per heavy atom. The highest BCUT2D eigenvalue weighted by Crippen LogP contribution is 2.27. The van der Waals surface area contributed by atoms with Crippen molar-refractivity contribution in [3.05, 3.63) is 0 Å². The largest absolute Gasteiger partial charge is 0.464 e. The molecule has 0 aromatic heterocycles. The van der Waals surface area contributed by atoms with E-state index in [4.69, 9.17) is 9.47 Å². The molecule has 1 heterocycles. The quantitative estimate of drug-likeness (QED) is 0.737. The minimum absolute atomic E-state index is 0.172. The molecule has 0 radical (unpaired) electrons. The van der Waals surface area contributed by atoms with Crippen molar-refractivity contribution in [1.82, 2.24) is 5.32 Å². The zero-order chi connectivity index (χ0) is 13.2. The molecule has 3 atom stereocenters. The summed E-state index contributed by atoms with van der Waals surface area (Å²) in [6.45, 7) is 9.50. The molecular formula is C12H21NO4. The highest BCUT2D eigenvalue weighted by molar-refractivity contribution is 5.87. The molecule has 0 aliphatic carbocycles. The summed E-state index contributed by atoms with van der Waals surface area (Å²) in [5.74, 6) is -1.16. The van der Waals surface area contributed by atoms with Crippen LogP contribution in [-0.4, -0.2) is 30.8 Å². The average Bonchev–Trinajstić information content (AvgIpc) is 2.20. The van der Waals surface area contributed by atoms with Crippen LogP contribution in [0.15, 0.2) is 0 Å². The average molecular weight is 243 g/mol. The van der Waals surface area contributed by atoms with Gasteiger partial charge in [0.25, 0.3) is 0 Å². The Kier molecular flexibility index (Phi) is 4.14. The molecule has 17 heavy (non-hydrogen) atoms. The molecule has 0 unspecified atom stereocenters. The first kappa shape index (κ1) is 14.0. The van der Waals surface area contributed by atoms with E-state index in [-0.39, 0.29) is 17.9 Å². The van der Waals surface area contributed by atoms with Gasteiger partial charge in [-0.3, -0.25) is 4.79 Å². The summed E-state index contributed by atoms with van der Waals surface area (Å²) in [4.78, 5) is 23.5. The molecule has 1 N–H and O–H groups in total. The van der Waals surface area contributed by atoms with Gasteiger partial charge in [0.1, 0.15) is 6.23 Å². The van der Waals surface area contributed by atoms with E-state index < -0.39 is 24.2 Å².